The molecular weight excluding hydrogens is 234 g/mol. The third-order valence-corrected chi connectivity index (χ3v) is 2.85. The monoisotopic (exact) mass is 253 g/mol. The summed E-state index contributed by atoms with van der Waals surface area (Å²) in [6.45, 7) is 5.83. The van der Waals surface area contributed by atoms with E-state index in [1.165, 1.54) is 4.90 Å². The molecule has 0 aliphatic carbocycles. The van der Waals surface area contributed by atoms with Crippen molar-refractivity contribution in [3.05, 3.63) is 17.7 Å². The Morgan fingerprint density at radius 3 is 3.00 bits per heavy atom. The first-order chi connectivity index (χ1) is 8.42. The minimum absolute atomic E-state index is 0.156. The highest BCUT2D eigenvalue weighted by molar-refractivity contribution is 5.69. The normalized spacial score (nSPS) is 19.6. The SMILES string of the molecule is CC(C)(C)OC(=O)N1CCc2[nH]cnc2C1CO. The predicted octanol–water partition coefficient (Wildman–Crippen LogP) is 1.24. The quantitative estimate of drug-likeness (QED) is 0.789. The van der Waals surface area contributed by atoms with Crippen molar-refractivity contribution in [3.8, 4) is 0 Å². The lowest BCUT2D eigenvalue weighted by molar-refractivity contribution is 0.00627. The maximum absolute atomic E-state index is 12.1. The summed E-state index contributed by atoms with van der Waals surface area (Å²) < 4.78 is 5.34. The molecule has 1 aliphatic heterocycles. The first-order valence-corrected chi connectivity index (χ1v) is 6.05. The summed E-state index contributed by atoms with van der Waals surface area (Å²) >= 11 is 0. The lowest BCUT2D eigenvalue weighted by atomic mass is 10.0. The van der Waals surface area contributed by atoms with Gasteiger partial charge in [-0.1, -0.05) is 0 Å². The molecule has 6 heteroatoms. The van der Waals surface area contributed by atoms with Crippen LogP contribution in [-0.2, 0) is 11.2 Å². The number of carbonyl (C=O) groups is 1. The summed E-state index contributed by atoms with van der Waals surface area (Å²) in [7, 11) is 0. The molecule has 6 nitrogen and oxygen atoms in total. The number of ether oxygens (including phenoxy) is 1. The average Bonchev–Trinajstić information content (AvgIpc) is 2.72. The van der Waals surface area contributed by atoms with Gasteiger partial charge in [-0.15, -0.1) is 0 Å². The largest absolute Gasteiger partial charge is 0.444 e. The van der Waals surface area contributed by atoms with Crippen LogP contribution in [0.5, 0.6) is 0 Å². The van der Waals surface area contributed by atoms with E-state index >= 15 is 0 Å². The summed E-state index contributed by atoms with van der Waals surface area (Å²) in [4.78, 5) is 20.8. The molecule has 2 N–H and O–H groups in total. The molecule has 0 aromatic carbocycles. The third kappa shape index (κ3) is 2.48. The van der Waals surface area contributed by atoms with Crippen LogP contribution >= 0.6 is 0 Å². The number of nitrogens with zero attached hydrogens (tertiary/aromatic N) is 2. The van der Waals surface area contributed by atoms with Gasteiger partial charge in [0.15, 0.2) is 0 Å². The van der Waals surface area contributed by atoms with E-state index in [1.807, 2.05) is 20.8 Å². The topological polar surface area (TPSA) is 78.5 Å². The van der Waals surface area contributed by atoms with E-state index in [2.05, 4.69) is 9.97 Å². The minimum Gasteiger partial charge on any atom is -0.444 e. The van der Waals surface area contributed by atoms with Crippen LogP contribution in [0, 0.1) is 0 Å². The fraction of sp³-hybridized carbons (Fsp3) is 0.667. The van der Waals surface area contributed by atoms with E-state index < -0.39 is 17.7 Å². The van der Waals surface area contributed by atoms with Crippen molar-refractivity contribution in [2.45, 2.75) is 38.8 Å². The highest BCUT2D eigenvalue weighted by atomic mass is 16.6. The molecule has 0 radical (unpaired) electrons. The van der Waals surface area contributed by atoms with Crippen molar-refractivity contribution in [3.63, 3.8) is 0 Å². The molecule has 0 fully saturated rings. The number of rotatable bonds is 1. The Bertz CT molecular complexity index is 436. The van der Waals surface area contributed by atoms with Gasteiger partial charge in [0.25, 0.3) is 0 Å². The molecule has 1 unspecified atom stereocenters. The Kier molecular flexibility index (Phi) is 3.30. The number of aliphatic hydroxyl groups excluding tert-OH is 1. The maximum Gasteiger partial charge on any atom is 0.410 e. The number of carbonyl (C=O) groups excluding carboxylic acids is 1. The zero-order valence-electron chi connectivity index (χ0n) is 10.9. The lowest BCUT2D eigenvalue weighted by Gasteiger charge is -2.35. The number of hydrogen-bond acceptors (Lipinski definition) is 4. The highest BCUT2D eigenvalue weighted by Gasteiger charge is 2.34. The number of hydrogen-bond donors (Lipinski definition) is 2. The van der Waals surface area contributed by atoms with Crippen LogP contribution in [0.15, 0.2) is 6.33 Å². The smallest absolute Gasteiger partial charge is 0.410 e. The molecule has 0 saturated carbocycles. The number of aliphatic hydroxyl groups is 1. The average molecular weight is 253 g/mol. The molecule has 2 rings (SSSR count). The van der Waals surface area contributed by atoms with Gasteiger partial charge in [0, 0.05) is 18.7 Å². The molecule has 1 atom stereocenters. The maximum atomic E-state index is 12.1. The van der Waals surface area contributed by atoms with Crippen molar-refractivity contribution in [1.29, 1.82) is 0 Å². The van der Waals surface area contributed by atoms with Crippen LogP contribution in [0.4, 0.5) is 4.79 Å². The Balaban J connectivity index is 2.17. The minimum atomic E-state index is -0.539. The standard InChI is InChI=1S/C12H19N3O3/c1-12(2,3)18-11(17)15-5-4-8-10(9(15)6-16)14-7-13-8/h7,9,16H,4-6H2,1-3H3,(H,13,14). The van der Waals surface area contributed by atoms with Gasteiger partial charge >= 0.3 is 6.09 Å². The number of aromatic nitrogens is 2. The van der Waals surface area contributed by atoms with E-state index in [0.717, 1.165) is 11.4 Å². The van der Waals surface area contributed by atoms with Gasteiger partial charge in [-0.05, 0) is 20.8 Å². The van der Waals surface area contributed by atoms with Gasteiger partial charge in [-0.2, -0.15) is 0 Å². The second kappa shape index (κ2) is 4.61. The zero-order chi connectivity index (χ0) is 13.3. The molecule has 0 saturated heterocycles. The van der Waals surface area contributed by atoms with Gasteiger partial charge in [0.1, 0.15) is 11.6 Å². The van der Waals surface area contributed by atoms with Gasteiger partial charge in [0.05, 0.1) is 18.6 Å². The number of fused-ring (bicyclic) bond motifs is 1. The number of nitrogens with one attached hydrogen (secondary N) is 1. The van der Waals surface area contributed by atoms with Crippen molar-refractivity contribution < 1.29 is 14.6 Å². The van der Waals surface area contributed by atoms with Crippen molar-refractivity contribution in [2.75, 3.05) is 13.2 Å². The zero-order valence-corrected chi connectivity index (χ0v) is 10.9. The first-order valence-electron chi connectivity index (χ1n) is 6.05. The number of aromatic amines is 1. The summed E-state index contributed by atoms with van der Waals surface area (Å²) in [5.74, 6) is 0. The van der Waals surface area contributed by atoms with Gasteiger partial charge in [-0.3, -0.25) is 4.90 Å². The number of H-pyrrole nitrogens is 1. The Morgan fingerprint density at radius 1 is 1.67 bits per heavy atom. The van der Waals surface area contributed by atoms with Crippen LogP contribution in [0.25, 0.3) is 0 Å². The summed E-state index contributed by atoms with van der Waals surface area (Å²) in [6.07, 6.45) is 1.88. The van der Waals surface area contributed by atoms with E-state index in [4.69, 9.17) is 4.74 Å². The van der Waals surface area contributed by atoms with E-state index in [-0.39, 0.29) is 6.61 Å². The van der Waals surface area contributed by atoms with Crippen LogP contribution in [0.3, 0.4) is 0 Å². The molecular formula is C12H19N3O3. The number of amides is 1. The molecule has 1 aromatic heterocycles. The van der Waals surface area contributed by atoms with E-state index in [0.29, 0.717) is 13.0 Å². The van der Waals surface area contributed by atoms with Crippen molar-refractivity contribution in [2.24, 2.45) is 0 Å². The van der Waals surface area contributed by atoms with Crippen LogP contribution in [0.2, 0.25) is 0 Å². The fourth-order valence-corrected chi connectivity index (χ4v) is 2.08. The Morgan fingerprint density at radius 2 is 2.39 bits per heavy atom. The second-order valence-corrected chi connectivity index (χ2v) is 5.39. The molecule has 1 aliphatic rings. The molecule has 1 aromatic rings. The fourth-order valence-electron chi connectivity index (χ4n) is 2.08. The third-order valence-electron chi connectivity index (χ3n) is 2.85. The highest BCUT2D eigenvalue weighted by Crippen LogP contribution is 2.28. The molecule has 18 heavy (non-hydrogen) atoms. The van der Waals surface area contributed by atoms with Crippen LogP contribution in [0.1, 0.15) is 38.2 Å². The van der Waals surface area contributed by atoms with E-state index in [9.17, 15) is 9.90 Å². The predicted molar refractivity (Wildman–Crippen MR) is 65.1 cm³/mol. The second-order valence-electron chi connectivity index (χ2n) is 5.39. The summed E-state index contributed by atoms with van der Waals surface area (Å²) in [5, 5.41) is 9.47. The first kappa shape index (κ1) is 12.9. The Labute approximate surface area is 106 Å². The summed E-state index contributed by atoms with van der Waals surface area (Å²) in [5.41, 5.74) is 1.17. The molecule has 2 heterocycles. The van der Waals surface area contributed by atoms with Crippen molar-refractivity contribution in [1.82, 2.24) is 14.9 Å². The van der Waals surface area contributed by atoms with Gasteiger partial charge < -0.3 is 14.8 Å². The van der Waals surface area contributed by atoms with Crippen LogP contribution < -0.4 is 0 Å². The molecule has 0 spiro atoms. The van der Waals surface area contributed by atoms with Crippen LogP contribution in [-0.4, -0.2) is 44.8 Å². The van der Waals surface area contributed by atoms with E-state index in [1.54, 1.807) is 6.33 Å². The molecule has 100 valence electrons. The summed E-state index contributed by atoms with van der Waals surface area (Å²) in [6, 6.07) is -0.421. The lowest BCUT2D eigenvalue weighted by Crippen LogP contribution is -2.44. The van der Waals surface area contributed by atoms with Crippen molar-refractivity contribution >= 4 is 6.09 Å². The molecule has 0 bridgehead atoms. The molecule has 1 amide bonds. The number of imidazole rings is 1. The Hall–Kier alpha value is -1.56. The van der Waals surface area contributed by atoms with Gasteiger partial charge in [0.2, 0.25) is 0 Å². The van der Waals surface area contributed by atoms with Gasteiger partial charge in [-0.25, -0.2) is 9.78 Å².